The highest BCUT2D eigenvalue weighted by molar-refractivity contribution is 5.67. The molecule has 3 aromatic carbocycles. The van der Waals surface area contributed by atoms with Crippen LogP contribution in [0, 0.1) is 12.7 Å². The summed E-state index contributed by atoms with van der Waals surface area (Å²) in [6, 6.07) is 22.5. The summed E-state index contributed by atoms with van der Waals surface area (Å²) in [7, 11) is 0. The largest absolute Gasteiger partial charge is 0.398 e. The molecule has 0 aliphatic carbocycles. The molecule has 0 spiro atoms. The first-order chi connectivity index (χ1) is 14.9. The lowest BCUT2D eigenvalue weighted by Gasteiger charge is -2.13. The fourth-order valence-electron chi connectivity index (χ4n) is 3.03. The predicted molar refractivity (Wildman–Crippen MR) is 128 cm³/mol. The number of nitrogens with two attached hydrogens (primary N) is 2. The van der Waals surface area contributed by atoms with E-state index < -0.39 is 0 Å². The molecular formula is C26H27FN4. The minimum Gasteiger partial charge on any atom is -0.398 e. The van der Waals surface area contributed by atoms with E-state index in [0.29, 0.717) is 23.6 Å². The second-order valence-electron chi connectivity index (χ2n) is 7.23. The Balaban J connectivity index is 1.62. The van der Waals surface area contributed by atoms with Crippen molar-refractivity contribution in [2.45, 2.75) is 13.5 Å². The van der Waals surface area contributed by atoms with E-state index in [1.807, 2.05) is 60.7 Å². The molecule has 158 valence electrons. The van der Waals surface area contributed by atoms with Crippen molar-refractivity contribution < 1.29 is 4.39 Å². The molecule has 4 nitrogen and oxygen atoms in total. The third kappa shape index (κ3) is 6.24. The summed E-state index contributed by atoms with van der Waals surface area (Å²) in [6.45, 7) is 6.42. The van der Waals surface area contributed by atoms with Crippen LogP contribution in [0.15, 0.2) is 97.3 Å². The van der Waals surface area contributed by atoms with Crippen LogP contribution in [0.4, 0.5) is 10.1 Å². The zero-order valence-corrected chi connectivity index (χ0v) is 17.5. The zero-order valence-electron chi connectivity index (χ0n) is 17.5. The van der Waals surface area contributed by atoms with Crippen LogP contribution in [-0.2, 0) is 6.54 Å². The van der Waals surface area contributed by atoms with Crippen LogP contribution in [0.2, 0.25) is 0 Å². The topological polar surface area (TPSA) is 76.1 Å². The SMILES string of the molecule is C=C(NCc1ccc(F)c(C)c1)c1cccc(N/C(N)=C/C=C(\N)c2ccccc2)c1. The van der Waals surface area contributed by atoms with E-state index in [1.54, 1.807) is 25.1 Å². The van der Waals surface area contributed by atoms with Crippen LogP contribution >= 0.6 is 0 Å². The van der Waals surface area contributed by atoms with Crippen molar-refractivity contribution in [3.05, 3.63) is 125 Å². The van der Waals surface area contributed by atoms with Gasteiger partial charge >= 0.3 is 0 Å². The molecule has 3 aromatic rings. The lowest BCUT2D eigenvalue weighted by molar-refractivity contribution is 0.617. The molecule has 0 aliphatic heterocycles. The number of nitrogens with one attached hydrogen (secondary N) is 2. The Kier molecular flexibility index (Phi) is 7.12. The monoisotopic (exact) mass is 414 g/mol. The fourth-order valence-corrected chi connectivity index (χ4v) is 3.03. The number of rotatable bonds is 8. The molecule has 5 heteroatoms. The summed E-state index contributed by atoms with van der Waals surface area (Å²) in [5.74, 6) is 0.267. The lowest BCUT2D eigenvalue weighted by atomic mass is 10.1. The number of hydrogen-bond donors (Lipinski definition) is 4. The third-order valence-electron chi connectivity index (χ3n) is 4.78. The van der Waals surface area contributed by atoms with E-state index in [9.17, 15) is 4.39 Å². The Bertz CT molecular complexity index is 1120. The molecule has 0 saturated carbocycles. The average molecular weight is 415 g/mol. The molecule has 6 N–H and O–H groups in total. The Morgan fingerprint density at radius 1 is 0.935 bits per heavy atom. The van der Waals surface area contributed by atoms with E-state index >= 15 is 0 Å². The Hall–Kier alpha value is -3.99. The number of aryl methyl sites for hydroxylation is 1. The first kappa shape index (κ1) is 21.7. The van der Waals surface area contributed by atoms with Gasteiger partial charge in [-0.3, -0.25) is 0 Å². The first-order valence-corrected chi connectivity index (χ1v) is 9.96. The zero-order chi connectivity index (χ0) is 22.2. The van der Waals surface area contributed by atoms with Crippen molar-refractivity contribution in [3.63, 3.8) is 0 Å². The standard InChI is InChI=1S/C26H27FN4/c1-18-15-20(11-12-24(18)27)17-30-19(2)22-9-6-10-23(16-22)31-26(29)14-13-25(28)21-7-4-3-5-8-21/h3-16,30-31H,2,17,28-29H2,1H3/b25-13-,26-14+. The van der Waals surface area contributed by atoms with Gasteiger partial charge in [0.25, 0.3) is 0 Å². The number of allylic oxidation sites excluding steroid dienone is 2. The van der Waals surface area contributed by atoms with Crippen LogP contribution in [0.5, 0.6) is 0 Å². The number of hydrogen-bond acceptors (Lipinski definition) is 4. The third-order valence-corrected chi connectivity index (χ3v) is 4.78. The summed E-state index contributed by atoms with van der Waals surface area (Å²) < 4.78 is 13.4. The summed E-state index contributed by atoms with van der Waals surface area (Å²) in [4.78, 5) is 0. The normalized spacial score (nSPS) is 11.8. The predicted octanol–water partition coefficient (Wildman–Crippen LogP) is 5.11. The first-order valence-electron chi connectivity index (χ1n) is 9.96. The highest BCUT2D eigenvalue weighted by atomic mass is 19.1. The molecule has 0 aromatic heterocycles. The van der Waals surface area contributed by atoms with E-state index in [0.717, 1.165) is 28.1 Å². The van der Waals surface area contributed by atoms with Crippen LogP contribution in [0.3, 0.4) is 0 Å². The van der Waals surface area contributed by atoms with Gasteiger partial charge < -0.3 is 22.1 Å². The molecule has 0 atom stereocenters. The molecule has 0 amide bonds. The van der Waals surface area contributed by atoms with Crippen molar-refractivity contribution in [1.29, 1.82) is 0 Å². The smallest absolute Gasteiger partial charge is 0.126 e. The van der Waals surface area contributed by atoms with Gasteiger partial charge in [-0.1, -0.05) is 61.2 Å². The Morgan fingerprint density at radius 3 is 2.42 bits per heavy atom. The number of benzene rings is 3. The Morgan fingerprint density at radius 2 is 1.68 bits per heavy atom. The van der Waals surface area contributed by atoms with Crippen LogP contribution in [-0.4, -0.2) is 0 Å². The second kappa shape index (κ2) is 10.2. The maximum atomic E-state index is 13.4. The molecule has 0 saturated heterocycles. The van der Waals surface area contributed by atoms with Gasteiger partial charge in [0.1, 0.15) is 11.6 Å². The molecule has 0 unspecified atom stereocenters. The van der Waals surface area contributed by atoms with Crippen molar-refractivity contribution in [3.8, 4) is 0 Å². The van der Waals surface area contributed by atoms with E-state index in [4.69, 9.17) is 11.5 Å². The molecule has 0 bridgehead atoms. The van der Waals surface area contributed by atoms with Crippen LogP contribution in [0.25, 0.3) is 11.4 Å². The molecule has 0 heterocycles. The summed E-state index contributed by atoms with van der Waals surface area (Å²) in [6.07, 6.45) is 3.51. The average Bonchev–Trinajstić information content (AvgIpc) is 2.78. The van der Waals surface area contributed by atoms with Crippen molar-refractivity contribution in [2.24, 2.45) is 11.5 Å². The lowest BCUT2D eigenvalue weighted by Crippen LogP contribution is -2.12. The minimum absolute atomic E-state index is 0.202. The highest BCUT2D eigenvalue weighted by Crippen LogP contribution is 2.18. The van der Waals surface area contributed by atoms with Gasteiger partial charge in [-0.05, 0) is 59.5 Å². The number of halogens is 1. The van der Waals surface area contributed by atoms with E-state index in [-0.39, 0.29) is 5.82 Å². The Labute approximate surface area is 182 Å². The second-order valence-corrected chi connectivity index (χ2v) is 7.23. The molecular weight excluding hydrogens is 387 g/mol. The maximum Gasteiger partial charge on any atom is 0.126 e. The van der Waals surface area contributed by atoms with Gasteiger partial charge in [-0.15, -0.1) is 0 Å². The molecule has 0 radical (unpaired) electrons. The summed E-state index contributed by atoms with van der Waals surface area (Å²) >= 11 is 0. The molecule has 0 fully saturated rings. The van der Waals surface area contributed by atoms with Crippen molar-refractivity contribution >= 4 is 17.1 Å². The highest BCUT2D eigenvalue weighted by Gasteiger charge is 2.03. The van der Waals surface area contributed by atoms with Gasteiger partial charge in [0, 0.05) is 23.6 Å². The summed E-state index contributed by atoms with van der Waals surface area (Å²) in [5, 5.41) is 6.44. The van der Waals surface area contributed by atoms with Gasteiger partial charge in [0.2, 0.25) is 0 Å². The van der Waals surface area contributed by atoms with Crippen LogP contribution in [0.1, 0.15) is 22.3 Å². The molecule has 3 rings (SSSR count). The quantitative estimate of drug-likeness (QED) is 0.387. The van der Waals surface area contributed by atoms with E-state index in [1.165, 1.54) is 6.07 Å². The maximum absolute atomic E-state index is 13.4. The molecule has 0 aliphatic rings. The number of anilines is 1. The van der Waals surface area contributed by atoms with Crippen molar-refractivity contribution in [1.82, 2.24) is 5.32 Å². The fraction of sp³-hybridized carbons (Fsp3) is 0.0769. The van der Waals surface area contributed by atoms with Gasteiger partial charge in [0.05, 0.1) is 0 Å². The van der Waals surface area contributed by atoms with E-state index in [2.05, 4.69) is 17.2 Å². The van der Waals surface area contributed by atoms with Gasteiger partial charge in [-0.2, -0.15) is 0 Å². The van der Waals surface area contributed by atoms with Crippen molar-refractivity contribution in [2.75, 3.05) is 5.32 Å². The molecule has 31 heavy (non-hydrogen) atoms. The summed E-state index contributed by atoms with van der Waals surface area (Å²) in [5.41, 5.74) is 17.9. The minimum atomic E-state index is -0.202. The van der Waals surface area contributed by atoms with Crippen LogP contribution < -0.4 is 22.1 Å². The van der Waals surface area contributed by atoms with Gasteiger partial charge in [0.15, 0.2) is 0 Å². The van der Waals surface area contributed by atoms with Gasteiger partial charge in [-0.25, -0.2) is 4.39 Å².